The number of amides is 2. The van der Waals surface area contributed by atoms with Crippen LogP contribution in [0.1, 0.15) is 6.92 Å². The average molecular weight is 201 g/mol. The number of nitrogens with zero attached hydrogens (tertiary/aromatic N) is 1. The van der Waals surface area contributed by atoms with Crippen LogP contribution in [0.5, 0.6) is 0 Å². The minimum atomic E-state index is 0.0230. The lowest BCUT2D eigenvalue weighted by Crippen LogP contribution is -2.33. The molecule has 0 bridgehead atoms. The highest BCUT2D eigenvalue weighted by Gasteiger charge is 2.18. The minimum Gasteiger partial charge on any atom is -0.375 e. The van der Waals surface area contributed by atoms with Crippen molar-refractivity contribution in [3.05, 3.63) is 0 Å². The molecule has 14 heavy (non-hydrogen) atoms. The zero-order chi connectivity index (χ0) is 10.4. The summed E-state index contributed by atoms with van der Waals surface area (Å²) >= 11 is 0. The van der Waals surface area contributed by atoms with Gasteiger partial charge in [0, 0.05) is 26.2 Å². The number of carbonyl (C=O) groups is 1. The van der Waals surface area contributed by atoms with Crippen LogP contribution in [-0.2, 0) is 4.74 Å². The van der Waals surface area contributed by atoms with Crippen molar-refractivity contribution < 1.29 is 9.53 Å². The van der Waals surface area contributed by atoms with E-state index in [1.165, 1.54) is 0 Å². The molecule has 82 valence electrons. The number of carbonyl (C=O) groups excluding carboxylic acids is 1. The Morgan fingerprint density at radius 3 is 3.07 bits per heavy atom. The maximum absolute atomic E-state index is 11.1. The molecule has 1 fully saturated rings. The standard InChI is InChI=1S/C9H19N3O2/c1-8(7-10-2)14-6-5-12-4-3-11-9(12)13/h8,10H,3-7H2,1-2H3,(H,11,13). The van der Waals surface area contributed by atoms with Crippen molar-refractivity contribution in [2.45, 2.75) is 13.0 Å². The zero-order valence-electron chi connectivity index (χ0n) is 8.88. The lowest BCUT2D eigenvalue weighted by Gasteiger charge is -2.17. The summed E-state index contributed by atoms with van der Waals surface area (Å²) in [5.41, 5.74) is 0. The van der Waals surface area contributed by atoms with E-state index in [0.29, 0.717) is 13.2 Å². The van der Waals surface area contributed by atoms with Gasteiger partial charge in [-0.3, -0.25) is 0 Å². The van der Waals surface area contributed by atoms with E-state index in [2.05, 4.69) is 10.6 Å². The molecular formula is C9H19N3O2. The van der Waals surface area contributed by atoms with Gasteiger partial charge in [0.15, 0.2) is 0 Å². The second-order valence-electron chi connectivity index (χ2n) is 3.46. The van der Waals surface area contributed by atoms with E-state index in [4.69, 9.17) is 4.74 Å². The van der Waals surface area contributed by atoms with E-state index in [-0.39, 0.29) is 12.1 Å². The molecule has 0 radical (unpaired) electrons. The molecule has 1 saturated heterocycles. The Morgan fingerprint density at radius 1 is 1.71 bits per heavy atom. The summed E-state index contributed by atoms with van der Waals surface area (Å²) in [4.78, 5) is 12.9. The van der Waals surface area contributed by atoms with Gasteiger partial charge < -0.3 is 20.3 Å². The third kappa shape index (κ3) is 3.51. The Hall–Kier alpha value is -0.810. The predicted octanol–water partition coefficient (Wildman–Crippen LogP) is -0.364. The van der Waals surface area contributed by atoms with Crippen LogP contribution in [0.25, 0.3) is 0 Å². The SMILES string of the molecule is CNCC(C)OCCN1CCNC1=O. The van der Waals surface area contributed by atoms with Crippen molar-refractivity contribution in [1.82, 2.24) is 15.5 Å². The van der Waals surface area contributed by atoms with Crippen LogP contribution in [-0.4, -0.2) is 56.9 Å². The highest BCUT2D eigenvalue weighted by Crippen LogP contribution is 1.97. The molecule has 0 aliphatic carbocycles. The van der Waals surface area contributed by atoms with Gasteiger partial charge in [-0.15, -0.1) is 0 Å². The van der Waals surface area contributed by atoms with Crippen molar-refractivity contribution in [3.63, 3.8) is 0 Å². The summed E-state index contributed by atoms with van der Waals surface area (Å²) in [6.45, 7) is 5.69. The summed E-state index contributed by atoms with van der Waals surface area (Å²) in [5, 5.41) is 5.79. The van der Waals surface area contributed by atoms with E-state index >= 15 is 0 Å². The van der Waals surface area contributed by atoms with Gasteiger partial charge >= 0.3 is 6.03 Å². The van der Waals surface area contributed by atoms with Crippen LogP contribution in [0.3, 0.4) is 0 Å². The molecule has 1 aliphatic rings. The van der Waals surface area contributed by atoms with Gasteiger partial charge in [-0.05, 0) is 14.0 Å². The number of ether oxygens (including phenoxy) is 1. The molecule has 5 heteroatoms. The Morgan fingerprint density at radius 2 is 2.50 bits per heavy atom. The van der Waals surface area contributed by atoms with Gasteiger partial charge in [0.1, 0.15) is 0 Å². The first kappa shape index (κ1) is 11.3. The van der Waals surface area contributed by atoms with Gasteiger partial charge in [0.2, 0.25) is 0 Å². The third-order valence-corrected chi connectivity index (χ3v) is 2.20. The van der Waals surface area contributed by atoms with Crippen molar-refractivity contribution >= 4 is 6.03 Å². The topological polar surface area (TPSA) is 53.6 Å². The first-order valence-corrected chi connectivity index (χ1v) is 5.03. The predicted molar refractivity (Wildman–Crippen MR) is 54.3 cm³/mol. The molecule has 1 rings (SSSR count). The molecular weight excluding hydrogens is 182 g/mol. The second kappa shape index (κ2) is 5.82. The fraction of sp³-hybridized carbons (Fsp3) is 0.889. The van der Waals surface area contributed by atoms with Crippen molar-refractivity contribution in [2.75, 3.05) is 39.8 Å². The molecule has 1 aliphatic heterocycles. The Labute approximate surface area is 84.8 Å². The minimum absolute atomic E-state index is 0.0230. The first-order valence-electron chi connectivity index (χ1n) is 5.03. The summed E-state index contributed by atoms with van der Waals surface area (Å²) in [7, 11) is 1.90. The van der Waals surface area contributed by atoms with Crippen LogP contribution >= 0.6 is 0 Å². The van der Waals surface area contributed by atoms with Crippen molar-refractivity contribution in [1.29, 1.82) is 0 Å². The molecule has 5 nitrogen and oxygen atoms in total. The van der Waals surface area contributed by atoms with Crippen LogP contribution < -0.4 is 10.6 Å². The highest BCUT2D eigenvalue weighted by molar-refractivity contribution is 5.76. The Kier molecular flexibility index (Phi) is 4.69. The Bertz CT molecular complexity index is 187. The molecule has 0 spiro atoms. The smallest absolute Gasteiger partial charge is 0.317 e. The zero-order valence-corrected chi connectivity index (χ0v) is 8.88. The van der Waals surface area contributed by atoms with Crippen LogP contribution in [0, 0.1) is 0 Å². The monoisotopic (exact) mass is 201 g/mol. The normalized spacial score (nSPS) is 18.4. The van der Waals surface area contributed by atoms with Gasteiger partial charge in [-0.1, -0.05) is 0 Å². The van der Waals surface area contributed by atoms with Crippen molar-refractivity contribution in [2.24, 2.45) is 0 Å². The number of rotatable bonds is 6. The van der Waals surface area contributed by atoms with Crippen molar-refractivity contribution in [3.8, 4) is 0 Å². The average Bonchev–Trinajstić information content (AvgIpc) is 2.52. The first-order chi connectivity index (χ1) is 6.74. The molecule has 2 amide bonds. The molecule has 0 saturated carbocycles. The lowest BCUT2D eigenvalue weighted by atomic mass is 10.4. The van der Waals surface area contributed by atoms with Crippen LogP contribution in [0.15, 0.2) is 0 Å². The van der Waals surface area contributed by atoms with Gasteiger partial charge in [0.05, 0.1) is 12.7 Å². The van der Waals surface area contributed by atoms with E-state index in [1.807, 2.05) is 14.0 Å². The highest BCUT2D eigenvalue weighted by atomic mass is 16.5. The maximum Gasteiger partial charge on any atom is 0.317 e. The summed E-state index contributed by atoms with van der Waals surface area (Å²) in [6, 6.07) is 0.0230. The fourth-order valence-electron chi connectivity index (χ4n) is 1.43. The summed E-state index contributed by atoms with van der Waals surface area (Å²) in [6.07, 6.45) is 0.200. The Balaban J connectivity index is 2.05. The van der Waals surface area contributed by atoms with Crippen LogP contribution in [0.4, 0.5) is 4.79 Å². The fourth-order valence-corrected chi connectivity index (χ4v) is 1.43. The largest absolute Gasteiger partial charge is 0.375 e. The molecule has 1 heterocycles. The second-order valence-corrected chi connectivity index (χ2v) is 3.46. The molecule has 2 N–H and O–H groups in total. The number of urea groups is 1. The van der Waals surface area contributed by atoms with E-state index < -0.39 is 0 Å². The summed E-state index contributed by atoms with van der Waals surface area (Å²) < 4.78 is 5.51. The summed E-state index contributed by atoms with van der Waals surface area (Å²) in [5.74, 6) is 0. The van der Waals surface area contributed by atoms with E-state index in [9.17, 15) is 4.79 Å². The number of hydrogen-bond acceptors (Lipinski definition) is 3. The maximum atomic E-state index is 11.1. The lowest BCUT2D eigenvalue weighted by molar-refractivity contribution is 0.0575. The third-order valence-electron chi connectivity index (χ3n) is 2.20. The number of nitrogens with one attached hydrogen (secondary N) is 2. The molecule has 1 atom stereocenters. The van der Waals surface area contributed by atoms with Gasteiger partial charge in [-0.2, -0.15) is 0 Å². The number of hydrogen-bond donors (Lipinski definition) is 2. The van der Waals surface area contributed by atoms with Gasteiger partial charge in [-0.25, -0.2) is 4.79 Å². The number of likely N-dealkylation sites (N-methyl/N-ethyl adjacent to an activating group) is 1. The molecule has 0 aromatic carbocycles. The molecule has 0 aromatic rings. The van der Waals surface area contributed by atoms with E-state index in [1.54, 1.807) is 4.90 Å². The quantitative estimate of drug-likeness (QED) is 0.617. The van der Waals surface area contributed by atoms with E-state index in [0.717, 1.165) is 19.6 Å². The molecule has 1 unspecified atom stereocenters. The van der Waals surface area contributed by atoms with Crippen LogP contribution in [0.2, 0.25) is 0 Å². The molecule has 0 aromatic heterocycles. The van der Waals surface area contributed by atoms with Gasteiger partial charge in [0.25, 0.3) is 0 Å².